The van der Waals surface area contributed by atoms with Crippen molar-refractivity contribution >= 4 is 20.2 Å². The van der Waals surface area contributed by atoms with Gasteiger partial charge in [0.05, 0.1) is 0 Å². The quantitative estimate of drug-likeness (QED) is 0.220. The molecule has 36 heavy (non-hydrogen) atoms. The summed E-state index contributed by atoms with van der Waals surface area (Å²) in [6, 6.07) is 41.7. The van der Waals surface area contributed by atoms with Gasteiger partial charge in [-0.15, -0.1) is 0 Å². The van der Waals surface area contributed by atoms with Crippen LogP contribution in [0, 0.1) is 0 Å². The predicted octanol–water partition coefficient (Wildman–Crippen LogP) is 8.62. The molecule has 1 saturated heterocycles. The summed E-state index contributed by atoms with van der Waals surface area (Å²) in [5.41, 5.74) is 9.35. The molecule has 2 heteroatoms. The van der Waals surface area contributed by atoms with Crippen LogP contribution in [0.3, 0.4) is 0 Å². The van der Waals surface area contributed by atoms with Crippen molar-refractivity contribution in [3.05, 3.63) is 153 Å². The van der Waals surface area contributed by atoms with Crippen LogP contribution in [0.2, 0.25) is 13.1 Å². The van der Waals surface area contributed by atoms with E-state index in [1.807, 2.05) is 10.4 Å². The van der Waals surface area contributed by atoms with Crippen molar-refractivity contribution in [1.29, 1.82) is 0 Å². The Morgan fingerprint density at radius 2 is 0.917 bits per heavy atom. The van der Waals surface area contributed by atoms with Gasteiger partial charge in [0.1, 0.15) is 0 Å². The van der Waals surface area contributed by atoms with Crippen LogP contribution in [-0.2, 0) is 28.5 Å². The van der Waals surface area contributed by atoms with E-state index >= 15 is 0 Å². The summed E-state index contributed by atoms with van der Waals surface area (Å²) in [4.78, 5) is 0. The van der Waals surface area contributed by atoms with Crippen LogP contribution >= 0.6 is 0 Å². The molecule has 1 fully saturated rings. The van der Waals surface area contributed by atoms with Gasteiger partial charge < -0.3 is 0 Å². The Morgan fingerprint density at radius 1 is 0.528 bits per heavy atom. The molecule has 2 atom stereocenters. The van der Waals surface area contributed by atoms with Crippen LogP contribution in [0.5, 0.6) is 0 Å². The number of hydrogen-bond acceptors (Lipinski definition) is 0. The van der Waals surface area contributed by atoms with E-state index in [1.165, 1.54) is 30.5 Å². The van der Waals surface area contributed by atoms with E-state index in [-0.39, 0.29) is 0 Å². The van der Waals surface area contributed by atoms with Gasteiger partial charge in [0, 0.05) is 0 Å². The summed E-state index contributed by atoms with van der Waals surface area (Å²) in [5, 5.41) is 3.64. The molecular formula is C34H32SiZr. The summed E-state index contributed by atoms with van der Waals surface area (Å²) in [6.45, 7) is 5.28. The van der Waals surface area contributed by atoms with Crippen LogP contribution in [-0.4, -0.2) is 8.07 Å². The normalized spacial score (nSPS) is 22.1. The first-order valence-electron chi connectivity index (χ1n) is 13.3. The van der Waals surface area contributed by atoms with Gasteiger partial charge in [-0.2, -0.15) is 0 Å². The van der Waals surface area contributed by atoms with E-state index in [0.29, 0.717) is 7.25 Å². The first-order valence-corrected chi connectivity index (χ1v) is 22.6. The standard InChI is InChI=1S/C20H18Si.2C7H7.Zr/c1-21(2,19-11-15-7-3-4-8-16(15)12-19)20-13-17-9-5-6-10-18(17)14-20;2*1-7-5-3-2-4-6-7;/h3-14H,1-2H3;2*2-6H,1H2;. The summed E-state index contributed by atoms with van der Waals surface area (Å²) in [6.07, 6.45) is 5.29. The molecule has 4 aromatic carbocycles. The molecule has 3 aliphatic rings. The van der Waals surface area contributed by atoms with E-state index in [2.05, 4.69) is 134 Å². The van der Waals surface area contributed by atoms with Crippen molar-refractivity contribution in [2.45, 2.75) is 28.6 Å². The molecule has 1 heterocycles. The number of hydrogen-bond donors (Lipinski definition) is 0. The fourth-order valence-corrected chi connectivity index (χ4v) is 35.4. The molecule has 1 aliphatic heterocycles. The fraction of sp³-hybridized carbons (Fsp3) is 0.176. The Balaban J connectivity index is 1.55. The molecule has 4 aromatic rings. The van der Waals surface area contributed by atoms with Crippen molar-refractivity contribution in [2.75, 3.05) is 0 Å². The molecule has 0 bridgehead atoms. The van der Waals surface area contributed by atoms with Crippen LogP contribution in [0.25, 0.3) is 12.2 Å². The second kappa shape index (κ2) is 8.51. The molecule has 0 amide bonds. The molecule has 0 nitrogen and oxygen atoms in total. The predicted molar refractivity (Wildman–Crippen MR) is 152 cm³/mol. The van der Waals surface area contributed by atoms with Crippen LogP contribution in [0.1, 0.15) is 40.6 Å². The first kappa shape index (κ1) is 22.6. The molecule has 2 unspecified atom stereocenters. The molecule has 2 aliphatic carbocycles. The zero-order chi connectivity index (χ0) is 24.3. The molecule has 176 valence electrons. The molecule has 0 saturated carbocycles. The molecule has 0 aromatic heterocycles. The average Bonchev–Trinajstić information content (AvgIpc) is 3.50. The van der Waals surface area contributed by atoms with Crippen molar-refractivity contribution in [3.8, 4) is 0 Å². The number of fused-ring (bicyclic) bond motifs is 6. The van der Waals surface area contributed by atoms with Crippen molar-refractivity contribution in [2.24, 2.45) is 0 Å². The third-order valence-corrected chi connectivity index (χ3v) is 28.3. The van der Waals surface area contributed by atoms with E-state index in [1.54, 1.807) is 11.1 Å². The van der Waals surface area contributed by atoms with Gasteiger partial charge in [-0.3, -0.25) is 0 Å². The first-order chi connectivity index (χ1) is 17.6. The van der Waals surface area contributed by atoms with E-state index in [9.17, 15) is 0 Å². The van der Waals surface area contributed by atoms with E-state index in [4.69, 9.17) is 0 Å². The van der Waals surface area contributed by atoms with E-state index in [0.717, 1.165) is 0 Å². The third kappa shape index (κ3) is 3.34. The maximum atomic E-state index is 2.65. The van der Waals surface area contributed by atoms with Crippen LogP contribution in [0.4, 0.5) is 0 Å². The van der Waals surface area contributed by atoms with Gasteiger partial charge in [0.25, 0.3) is 0 Å². The van der Waals surface area contributed by atoms with Crippen molar-refractivity contribution < 1.29 is 20.3 Å². The zero-order valence-electron chi connectivity index (χ0n) is 21.1. The van der Waals surface area contributed by atoms with E-state index < -0.39 is 28.3 Å². The third-order valence-electron chi connectivity index (χ3n) is 9.20. The number of benzene rings is 4. The SMILES string of the molecule is C[Si]1(C)C2=Cc3ccccc3[CH]2[Zr]([CH2]c2ccccc2)([CH2]c2ccccc2)[CH]2C1=Cc1ccccc12. The van der Waals surface area contributed by atoms with Gasteiger partial charge in [-0.05, 0) is 0 Å². The molecular weight excluding hydrogens is 528 g/mol. The molecule has 0 spiro atoms. The molecule has 7 rings (SSSR count). The summed E-state index contributed by atoms with van der Waals surface area (Å²) < 4.78 is 3.85. The second-order valence-electron chi connectivity index (χ2n) is 11.5. The van der Waals surface area contributed by atoms with Gasteiger partial charge in [0.2, 0.25) is 0 Å². The number of allylic oxidation sites excluding steroid dienone is 2. The summed E-state index contributed by atoms with van der Waals surface area (Å²) in [7, 11) is -1.79. The molecule has 0 N–H and O–H groups in total. The van der Waals surface area contributed by atoms with Gasteiger partial charge in [0.15, 0.2) is 0 Å². The monoisotopic (exact) mass is 558 g/mol. The minimum atomic E-state index is -3.22. The summed E-state index contributed by atoms with van der Waals surface area (Å²) >= 11 is -3.22. The van der Waals surface area contributed by atoms with Crippen LogP contribution in [0.15, 0.2) is 120 Å². The van der Waals surface area contributed by atoms with Crippen LogP contribution < -0.4 is 0 Å². The van der Waals surface area contributed by atoms with Gasteiger partial charge in [-0.25, -0.2) is 0 Å². The summed E-state index contributed by atoms with van der Waals surface area (Å²) in [5.74, 6) is 0. The Labute approximate surface area is 220 Å². The van der Waals surface area contributed by atoms with Crippen molar-refractivity contribution in [1.82, 2.24) is 0 Å². The Hall–Kier alpha value is -2.54. The molecule has 0 radical (unpaired) electrons. The maximum absolute atomic E-state index is 3.22. The zero-order valence-corrected chi connectivity index (χ0v) is 24.6. The van der Waals surface area contributed by atoms with Crippen molar-refractivity contribution in [3.63, 3.8) is 0 Å². The van der Waals surface area contributed by atoms with Gasteiger partial charge in [-0.1, -0.05) is 0 Å². The number of rotatable bonds is 4. The Kier molecular flexibility index (Phi) is 5.35. The fourth-order valence-electron chi connectivity index (χ4n) is 7.72. The topological polar surface area (TPSA) is 0 Å². The Morgan fingerprint density at radius 3 is 1.36 bits per heavy atom. The minimum absolute atomic E-state index is 0.644. The second-order valence-corrected chi connectivity index (χ2v) is 26.5. The Bertz CT molecular complexity index is 1400. The van der Waals surface area contributed by atoms with Gasteiger partial charge >= 0.3 is 222 Å². The average molecular weight is 560 g/mol.